The highest BCUT2D eigenvalue weighted by atomic mass is 19.3. The summed E-state index contributed by atoms with van der Waals surface area (Å²) < 4.78 is 34.5. The van der Waals surface area contributed by atoms with Crippen molar-refractivity contribution in [2.24, 2.45) is 0 Å². The molecule has 0 bridgehead atoms. The number of fused-ring (bicyclic) bond motifs is 1. The number of methoxy groups -OCH3 is 1. The number of alkyl halides is 2. The van der Waals surface area contributed by atoms with Crippen molar-refractivity contribution in [1.29, 1.82) is 0 Å². The molecule has 4 aromatic rings. The number of halogens is 2. The van der Waals surface area contributed by atoms with Gasteiger partial charge in [0.25, 0.3) is 5.91 Å². The highest BCUT2D eigenvalue weighted by Crippen LogP contribution is 2.32. The molecule has 0 saturated carbocycles. The lowest BCUT2D eigenvalue weighted by Crippen LogP contribution is -2.46. The van der Waals surface area contributed by atoms with Gasteiger partial charge >= 0.3 is 5.92 Å². The number of ether oxygens (including phenoxy) is 1. The standard InChI is InChI=1S/C30H32F2N4O2/c1-20(34-29(37)30(2,31)32)28(21-9-12-26(38-3)13-10-21)36-27-14-11-23(17-24(27)19-33-36)22-7-6-8-25(18-22)35-15-4-5-16-35/h6-14,17-20,28H,4-5,15-16H2,1-3H3,(H,34,37)/t20-,28+/m0/s1. The van der Waals surface area contributed by atoms with Crippen molar-refractivity contribution in [3.8, 4) is 16.9 Å². The van der Waals surface area contributed by atoms with E-state index in [-0.39, 0.29) is 0 Å². The Labute approximate surface area is 221 Å². The Bertz CT molecular complexity index is 1420. The van der Waals surface area contributed by atoms with Gasteiger partial charge in [-0.25, -0.2) is 0 Å². The molecule has 3 aromatic carbocycles. The summed E-state index contributed by atoms with van der Waals surface area (Å²) in [5, 5.41) is 8.07. The minimum atomic E-state index is -3.48. The Kier molecular flexibility index (Phi) is 7.06. The van der Waals surface area contributed by atoms with E-state index in [0.29, 0.717) is 12.7 Å². The maximum atomic E-state index is 13.7. The molecule has 1 N–H and O–H groups in total. The third-order valence-electron chi connectivity index (χ3n) is 7.20. The molecule has 1 aromatic heterocycles. The summed E-state index contributed by atoms with van der Waals surface area (Å²) in [6, 6.07) is 20.9. The number of rotatable bonds is 8. The van der Waals surface area contributed by atoms with Gasteiger partial charge in [0, 0.05) is 31.1 Å². The minimum absolute atomic E-state index is 0.519. The summed E-state index contributed by atoms with van der Waals surface area (Å²) in [6.45, 7) is 4.48. The van der Waals surface area contributed by atoms with Crippen molar-refractivity contribution in [1.82, 2.24) is 15.1 Å². The minimum Gasteiger partial charge on any atom is -0.497 e. The van der Waals surface area contributed by atoms with Crippen molar-refractivity contribution in [3.05, 3.63) is 78.5 Å². The van der Waals surface area contributed by atoms with Crippen molar-refractivity contribution >= 4 is 22.5 Å². The van der Waals surface area contributed by atoms with Gasteiger partial charge in [0.1, 0.15) is 5.75 Å². The number of carbonyl (C=O) groups excluding carboxylic acids is 1. The third-order valence-corrected chi connectivity index (χ3v) is 7.20. The number of nitrogens with one attached hydrogen (secondary N) is 1. The molecule has 1 fully saturated rings. The van der Waals surface area contributed by atoms with Gasteiger partial charge in [-0.3, -0.25) is 9.48 Å². The van der Waals surface area contributed by atoms with Crippen LogP contribution in [-0.2, 0) is 4.79 Å². The molecule has 2 atom stereocenters. The number of aromatic nitrogens is 2. The lowest BCUT2D eigenvalue weighted by molar-refractivity contribution is -0.143. The monoisotopic (exact) mass is 518 g/mol. The first kappa shape index (κ1) is 25.7. The van der Waals surface area contributed by atoms with Gasteiger partial charge in [-0.1, -0.05) is 30.3 Å². The molecule has 1 aliphatic heterocycles. The van der Waals surface area contributed by atoms with Gasteiger partial charge in [0.2, 0.25) is 0 Å². The quantitative estimate of drug-likeness (QED) is 0.308. The molecule has 8 heteroatoms. The van der Waals surface area contributed by atoms with Gasteiger partial charge in [-0.05, 0) is 72.9 Å². The fraction of sp³-hybridized carbons (Fsp3) is 0.333. The topological polar surface area (TPSA) is 59.4 Å². The molecule has 38 heavy (non-hydrogen) atoms. The molecular weight excluding hydrogens is 486 g/mol. The highest BCUT2D eigenvalue weighted by molar-refractivity contribution is 5.86. The van der Waals surface area contributed by atoms with Crippen molar-refractivity contribution in [2.75, 3.05) is 25.1 Å². The number of amides is 1. The second kappa shape index (κ2) is 10.4. The predicted octanol–water partition coefficient (Wildman–Crippen LogP) is 6.06. The average Bonchev–Trinajstić information content (AvgIpc) is 3.59. The van der Waals surface area contributed by atoms with Gasteiger partial charge in [0.15, 0.2) is 0 Å². The predicted molar refractivity (Wildman–Crippen MR) is 146 cm³/mol. The second-order valence-electron chi connectivity index (χ2n) is 9.98. The van der Waals surface area contributed by atoms with Gasteiger partial charge in [-0.2, -0.15) is 13.9 Å². The van der Waals surface area contributed by atoms with Crippen LogP contribution in [0.3, 0.4) is 0 Å². The highest BCUT2D eigenvalue weighted by Gasteiger charge is 2.35. The Balaban J connectivity index is 1.51. The lowest BCUT2D eigenvalue weighted by Gasteiger charge is -2.27. The number of hydrogen-bond donors (Lipinski definition) is 1. The Hall–Kier alpha value is -3.94. The van der Waals surface area contributed by atoms with Gasteiger partial charge < -0.3 is 15.0 Å². The molecule has 0 radical (unpaired) electrons. The number of benzene rings is 3. The zero-order valence-corrected chi connectivity index (χ0v) is 21.8. The summed E-state index contributed by atoms with van der Waals surface area (Å²) in [5.41, 5.74) is 5.08. The first-order valence-corrected chi connectivity index (χ1v) is 12.9. The van der Waals surface area contributed by atoms with Crippen molar-refractivity contribution in [3.63, 3.8) is 0 Å². The Morgan fingerprint density at radius 2 is 1.74 bits per heavy atom. The summed E-state index contributed by atoms with van der Waals surface area (Å²) in [7, 11) is 1.58. The van der Waals surface area contributed by atoms with Crippen LogP contribution in [0, 0.1) is 0 Å². The molecule has 2 heterocycles. The summed E-state index contributed by atoms with van der Waals surface area (Å²) >= 11 is 0. The fourth-order valence-corrected chi connectivity index (χ4v) is 5.17. The zero-order valence-electron chi connectivity index (χ0n) is 21.8. The van der Waals surface area contributed by atoms with Crippen LogP contribution in [0.4, 0.5) is 14.5 Å². The second-order valence-corrected chi connectivity index (χ2v) is 9.98. The lowest BCUT2D eigenvalue weighted by atomic mass is 9.99. The molecule has 1 aliphatic rings. The van der Waals surface area contributed by atoms with E-state index < -0.39 is 23.9 Å². The molecule has 5 rings (SSSR count). The van der Waals surface area contributed by atoms with Crippen molar-refractivity contribution < 1.29 is 18.3 Å². The Morgan fingerprint density at radius 1 is 1.03 bits per heavy atom. The van der Waals surface area contributed by atoms with Crippen LogP contribution in [0.1, 0.15) is 38.3 Å². The zero-order chi connectivity index (χ0) is 26.9. The van der Waals surface area contributed by atoms with E-state index in [0.717, 1.165) is 40.7 Å². The molecule has 6 nitrogen and oxygen atoms in total. The molecule has 198 valence electrons. The summed E-state index contributed by atoms with van der Waals surface area (Å²) in [4.78, 5) is 14.6. The van der Waals surface area contributed by atoms with Crippen molar-refractivity contribution in [2.45, 2.75) is 44.7 Å². The van der Waals surface area contributed by atoms with Crippen LogP contribution >= 0.6 is 0 Å². The normalized spacial score (nSPS) is 15.4. The van der Waals surface area contributed by atoms with E-state index in [4.69, 9.17) is 4.74 Å². The van der Waals surface area contributed by atoms with Crippen LogP contribution in [0.15, 0.2) is 72.9 Å². The van der Waals surface area contributed by atoms with E-state index in [1.807, 2.05) is 30.3 Å². The summed E-state index contributed by atoms with van der Waals surface area (Å²) in [5.74, 6) is -4.13. The number of hydrogen-bond acceptors (Lipinski definition) is 4. The van der Waals surface area contributed by atoms with Crippen LogP contribution in [0.25, 0.3) is 22.0 Å². The number of anilines is 1. The first-order valence-electron chi connectivity index (χ1n) is 12.9. The molecule has 0 unspecified atom stereocenters. The largest absolute Gasteiger partial charge is 0.497 e. The molecule has 0 spiro atoms. The van der Waals surface area contributed by atoms with E-state index in [1.54, 1.807) is 24.9 Å². The maximum Gasteiger partial charge on any atom is 0.321 e. The molecule has 0 aliphatic carbocycles. The molecule has 1 saturated heterocycles. The fourth-order valence-electron chi connectivity index (χ4n) is 5.17. The summed E-state index contributed by atoms with van der Waals surface area (Å²) in [6.07, 6.45) is 4.22. The average molecular weight is 519 g/mol. The third kappa shape index (κ3) is 5.21. The molecule has 1 amide bonds. The Morgan fingerprint density at radius 3 is 2.42 bits per heavy atom. The van der Waals surface area contributed by atoms with E-state index >= 15 is 0 Å². The van der Waals surface area contributed by atoms with Gasteiger partial charge in [0.05, 0.1) is 30.9 Å². The van der Waals surface area contributed by atoms with E-state index in [1.165, 1.54) is 18.5 Å². The molecular formula is C30H32F2N4O2. The SMILES string of the molecule is COc1ccc([C@@H]([C@H](C)NC(=O)C(C)(F)F)n2ncc3cc(-c4cccc(N5CCCC5)c4)ccc32)cc1. The van der Waals surface area contributed by atoms with E-state index in [2.05, 4.69) is 51.7 Å². The van der Waals surface area contributed by atoms with Crippen LogP contribution in [-0.4, -0.2) is 47.9 Å². The van der Waals surface area contributed by atoms with Crippen LogP contribution < -0.4 is 15.0 Å². The smallest absolute Gasteiger partial charge is 0.321 e. The first-order chi connectivity index (χ1) is 18.2. The van der Waals surface area contributed by atoms with E-state index in [9.17, 15) is 13.6 Å². The van der Waals surface area contributed by atoms with Crippen LogP contribution in [0.2, 0.25) is 0 Å². The number of nitrogens with zero attached hydrogens (tertiary/aromatic N) is 3. The van der Waals surface area contributed by atoms with Crippen LogP contribution in [0.5, 0.6) is 5.75 Å². The maximum absolute atomic E-state index is 13.7. The van der Waals surface area contributed by atoms with Gasteiger partial charge in [-0.15, -0.1) is 0 Å². The number of carbonyl (C=O) groups is 1.